The predicted molar refractivity (Wildman–Crippen MR) is 61.6 cm³/mol. The number of ether oxygens (including phenoxy) is 1. The number of aliphatic hydroxyl groups is 1. The highest BCUT2D eigenvalue weighted by Gasteiger charge is 2.27. The molecular formula is C13H18O3. The Morgan fingerprint density at radius 1 is 1.69 bits per heavy atom. The Kier molecular flexibility index (Phi) is 4.57. The van der Waals surface area contributed by atoms with Crippen LogP contribution in [0.3, 0.4) is 0 Å². The molecule has 1 aliphatic carbocycles. The number of carbonyl (C=O) groups is 1. The molecule has 2 atom stereocenters. The summed E-state index contributed by atoms with van der Waals surface area (Å²) in [5, 5.41) is 9.62. The van der Waals surface area contributed by atoms with Crippen molar-refractivity contribution in [3.05, 3.63) is 11.1 Å². The van der Waals surface area contributed by atoms with Crippen molar-refractivity contribution in [2.45, 2.75) is 51.7 Å². The highest BCUT2D eigenvalue weighted by atomic mass is 16.5. The number of carbonyl (C=O) groups excluding carboxylic acids is 1. The molecule has 88 valence electrons. The molecule has 0 fully saturated rings. The largest absolute Gasteiger partial charge is 0.458 e. The van der Waals surface area contributed by atoms with Crippen LogP contribution in [0.5, 0.6) is 0 Å². The van der Waals surface area contributed by atoms with Gasteiger partial charge in [-0.25, -0.2) is 0 Å². The third kappa shape index (κ3) is 3.11. The van der Waals surface area contributed by atoms with Gasteiger partial charge < -0.3 is 9.84 Å². The molecule has 0 spiro atoms. The van der Waals surface area contributed by atoms with Crippen molar-refractivity contribution in [2.75, 3.05) is 0 Å². The number of hydrogen-bond acceptors (Lipinski definition) is 3. The van der Waals surface area contributed by atoms with Gasteiger partial charge in [0.2, 0.25) is 0 Å². The van der Waals surface area contributed by atoms with Crippen LogP contribution in [0.25, 0.3) is 0 Å². The molecule has 16 heavy (non-hydrogen) atoms. The molecule has 0 unspecified atom stereocenters. The van der Waals surface area contributed by atoms with E-state index in [1.54, 1.807) is 0 Å². The maximum absolute atomic E-state index is 11.4. The molecule has 0 amide bonds. The fourth-order valence-corrected chi connectivity index (χ4v) is 1.83. The molecule has 3 nitrogen and oxygen atoms in total. The van der Waals surface area contributed by atoms with Crippen molar-refractivity contribution in [2.24, 2.45) is 0 Å². The molecule has 0 aromatic rings. The van der Waals surface area contributed by atoms with Crippen LogP contribution >= 0.6 is 0 Å². The van der Waals surface area contributed by atoms with E-state index in [1.807, 2.05) is 13.8 Å². The van der Waals surface area contributed by atoms with Crippen LogP contribution in [0, 0.1) is 12.3 Å². The first-order chi connectivity index (χ1) is 7.58. The summed E-state index contributed by atoms with van der Waals surface area (Å²) >= 11 is 0. The monoisotopic (exact) mass is 222 g/mol. The fourth-order valence-electron chi connectivity index (χ4n) is 1.83. The van der Waals surface area contributed by atoms with Crippen LogP contribution < -0.4 is 0 Å². The van der Waals surface area contributed by atoms with Crippen LogP contribution in [0.15, 0.2) is 11.1 Å². The summed E-state index contributed by atoms with van der Waals surface area (Å²) < 4.78 is 5.29. The van der Waals surface area contributed by atoms with E-state index in [0.717, 1.165) is 17.6 Å². The highest BCUT2D eigenvalue weighted by Crippen LogP contribution is 2.27. The van der Waals surface area contributed by atoms with Crippen molar-refractivity contribution in [1.82, 2.24) is 0 Å². The lowest BCUT2D eigenvalue weighted by Gasteiger charge is -2.27. The van der Waals surface area contributed by atoms with Crippen molar-refractivity contribution in [3.8, 4) is 12.3 Å². The topological polar surface area (TPSA) is 46.5 Å². The van der Waals surface area contributed by atoms with E-state index in [9.17, 15) is 9.90 Å². The third-order valence-electron chi connectivity index (χ3n) is 2.79. The maximum Gasteiger partial charge on any atom is 0.306 e. The Morgan fingerprint density at radius 2 is 2.38 bits per heavy atom. The lowest BCUT2D eigenvalue weighted by molar-refractivity contribution is -0.148. The predicted octanol–water partition coefficient (Wildman–Crippen LogP) is 1.80. The van der Waals surface area contributed by atoms with E-state index in [1.165, 1.54) is 0 Å². The van der Waals surface area contributed by atoms with Crippen LogP contribution in [-0.2, 0) is 9.53 Å². The summed E-state index contributed by atoms with van der Waals surface area (Å²) in [7, 11) is 0. The first kappa shape index (κ1) is 12.8. The van der Waals surface area contributed by atoms with E-state index in [2.05, 4.69) is 5.92 Å². The Bertz CT molecular complexity index is 336. The minimum Gasteiger partial charge on any atom is -0.458 e. The normalized spacial score (nSPS) is 25.1. The number of aliphatic hydroxyl groups excluding tert-OH is 1. The van der Waals surface area contributed by atoms with Crippen LogP contribution in [0.4, 0.5) is 0 Å². The van der Waals surface area contributed by atoms with Gasteiger partial charge in [-0.2, -0.15) is 0 Å². The SMILES string of the molecule is C#CC1=C(C)[C@H](OC(=O)CCC)C[C@@H](O)C1. The zero-order valence-corrected chi connectivity index (χ0v) is 9.82. The number of terminal acetylenes is 1. The molecule has 0 radical (unpaired) electrons. The van der Waals surface area contributed by atoms with Gasteiger partial charge >= 0.3 is 5.97 Å². The molecule has 3 heteroatoms. The zero-order chi connectivity index (χ0) is 12.1. The molecule has 1 N–H and O–H groups in total. The smallest absolute Gasteiger partial charge is 0.306 e. The quantitative estimate of drug-likeness (QED) is 0.585. The van der Waals surface area contributed by atoms with E-state index >= 15 is 0 Å². The molecule has 0 aromatic carbocycles. The molecule has 1 rings (SSSR count). The summed E-state index contributed by atoms with van der Waals surface area (Å²) in [4.78, 5) is 11.4. The number of esters is 1. The van der Waals surface area contributed by atoms with Crippen molar-refractivity contribution < 1.29 is 14.6 Å². The second kappa shape index (κ2) is 5.72. The first-order valence-electron chi connectivity index (χ1n) is 5.62. The Balaban J connectivity index is 2.72. The van der Waals surface area contributed by atoms with Gasteiger partial charge in [0.25, 0.3) is 0 Å². The highest BCUT2D eigenvalue weighted by molar-refractivity contribution is 5.69. The zero-order valence-electron chi connectivity index (χ0n) is 9.82. The minimum atomic E-state index is -0.505. The summed E-state index contributed by atoms with van der Waals surface area (Å²) in [5.41, 5.74) is 1.66. The molecule has 1 aliphatic rings. The first-order valence-corrected chi connectivity index (χ1v) is 5.62. The molecule has 0 bridgehead atoms. The molecular weight excluding hydrogens is 204 g/mol. The standard InChI is InChI=1S/C13H18O3/c1-4-6-13(15)16-12-8-11(14)7-10(5-2)9(12)3/h2,11-12,14H,4,6-8H2,1,3H3/t11-,12+/m0/s1. The Morgan fingerprint density at radius 3 is 2.94 bits per heavy atom. The molecule has 0 aromatic heterocycles. The van der Waals surface area contributed by atoms with Crippen molar-refractivity contribution >= 4 is 5.97 Å². The van der Waals surface area contributed by atoms with Gasteiger partial charge in [-0.15, -0.1) is 6.42 Å². The molecule has 0 aliphatic heterocycles. The van der Waals surface area contributed by atoms with Gasteiger partial charge in [0.05, 0.1) is 6.10 Å². The minimum absolute atomic E-state index is 0.225. The van der Waals surface area contributed by atoms with Crippen LogP contribution in [0.2, 0.25) is 0 Å². The number of rotatable bonds is 3. The average Bonchev–Trinajstić information content (AvgIpc) is 2.23. The summed E-state index contributed by atoms with van der Waals surface area (Å²) in [6, 6.07) is 0. The van der Waals surface area contributed by atoms with E-state index in [0.29, 0.717) is 19.3 Å². The second-order valence-corrected chi connectivity index (χ2v) is 4.13. The van der Waals surface area contributed by atoms with E-state index in [4.69, 9.17) is 11.2 Å². The van der Waals surface area contributed by atoms with Crippen LogP contribution in [-0.4, -0.2) is 23.3 Å². The molecule has 0 saturated carbocycles. The Labute approximate surface area is 96.5 Å². The van der Waals surface area contributed by atoms with Gasteiger partial charge in [-0.1, -0.05) is 12.8 Å². The third-order valence-corrected chi connectivity index (χ3v) is 2.79. The second-order valence-electron chi connectivity index (χ2n) is 4.13. The number of hydrogen-bond donors (Lipinski definition) is 1. The van der Waals surface area contributed by atoms with E-state index in [-0.39, 0.29) is 12.1 Å². The van der Waals surface area contributed by atoms with Crippen molar-refractivity contribution in [3.63, 3.8) is 0 Å². The van der Waals surface area contributed by atoms with Gasteiger partial charge in [0.15, 0.2) is 0 Å². The molecule has 0 heterocycles. The molecule has 0 saturated heterocycles. The fraction of sp³-hybridized carbons (Fsp3) is 0.615. The van der Waals surface area contributed by atoms with Crippen molar-refractivity contribution in [1.29, 1.82) is 0 Å². The van der Waals surface area contributed by atoms with Gasteiger partial charge in [-0.3, -0.25) is 4.79 Å². The Hall–Kier alpha value is -1.27. The van der Waals surface area contributed by atoms with E-state index < -0.39 is 6.10 Å². The lowest BCUT2D eigenvalue weighted by Crippen LogP contribution is -2.30. The summed E-state index contributed by atoms with van der Waals surface area (Å²) in [6.45, 7) is 3.79. The van der Waals surface area contributed by atoms with Gasteiger partial charge in [0, 0.05) is 24.8 Å². The maximum atomic E-state index is 11.4. The summed E-state index contributed by atoms with van der Waals surface area (Å²) in [6.07, 6.45) is 6.60. The van der Waals surface area contributed by atoms with Crippen LogP contribution in [0.1, 0.15) is 39.5 Å². The lowest BCUT2D eigenvalue weighted by atomic mass is 9.88. The van der Waals surface area contributed by atoms with Gasteiger partial charge in [-0.05, 0) is 18.9 Å². The average molecular weight is 222 g/mol. The summed E-state index contributed by atoms with van der Waals surface area (Å²) in [5.74, 6) is 2.32. The van der Waals surface area contributed by atoms with Gasteiger partial charge in [0.1, 0.15) is 6.10 Å².